The van der Waals surface area contributed by atoms with Gasteiger partial charge in [-0.1, -0.05) is 26.2 Å². The van der Waals surface area contributed by atoms with Crippen LogP contribution in [-0.4, -0.2) is 17.6 Å². The summed E-state index contributed by atoms with van der Waals surface area (Å²) in [5.41, 5.74) is 0.369. The lowest BCUT2D eigenvalue weighted by Gasteiger charge is -2.26. The van der Waals surface area contributed by atoms with Gasteiger partial charge >= 0.3 is 0 Å². The van der Waals surface area contributed by atoms with Crippen molar-refractivity contribution in [3.63, 3.8) is 0 Å². The van der Waals surface area contributed by atoms with Crippen molar-refractivity contribution >= 4 is 28.5 Å². The summed E-state index contributed by atoms with van der Waals surface area (Å²) in [6, 6.07) is 5.07. The van der Waals surface area contributed by atoms with E-state index in [0.717, 1.165) is 21.8 Å². The van der Waals surface area contributed by atoms with Crippen LogP contribution in [0.4, 0.5) is 0 Å². The molecule has 1 aromatic rings. The predicted molar refractivity (Wildman–Crippen MR) is 88.9 cm³/mol. The molecule has 1 saturated carbocycles. The van der Waals surface area contributed by atoms with Gasteiger partial charge in [0.2, 0.25) is 0 Å². The number of benzene rings is 1. The molecule has 0 radical (unpaired) electrons. The fraction of sp³-hybridized carbons (Fsp3) is 0.562. The van der Waals surface area contributed by atoms with Crippen LogP contribution in [0.25, 0.3) is 0 Å². The zero-order valence-corrected chi connectivity index (χ0v) is 14.0. The van der Waals surface area contributed by atoms with Gasteiger partial charge in [0, 0.05) is 10.1 Å². The molecule has 0 spiro atoms. The molecule has 3 nitrogen and oxygen atoms in total. The van der Waals surface area contributed by atoms with Gasteiger partial charge in [-0.3, -0.25) is 4.79 Å². The van der Waals surface area contributed by atoms with Gasteiger partial charge in [0.05, 0.1) is 5.56 Å². The summed E-state index contributed by atoms with van der Waals surface area (Å²) >= 11 is 2.14. The van der Waals surface area contributed by atoms with Crippen LogP contribution in [0.3, 0.4) is 0 Å². The van der Waals surface area contributed by atoms with Gasteiger partial charge in [0.25, 0.3) is 5.91 Å². The van der Waals surface area contributed by atoms with Crippen LogP contribution in [0.2, 0.25) is 0 Å². The molecule has 2 rings (SSSR count). The second-order valence-electron chi connectivity index (χ2n) is 5.84. The highest BCUT2D eigenvalue weighted by Gasteiger charge is 2.19. The Hall–Kier alpha value is -0.780. The van der Waals surface area contributed by atoms with E-state index in [-0.39, 0.29) is 11.7 Å². The number of halogens is 1. The standard InChI is InChI=1S/C16H22INO2/c1-11-3-2-4-12(9-11)7-8-18-16(20)14-10-13(17)5-6-15(14)19/h5-6,10-12,19H,2-4,7-9H2,1H3,(H,18,20). The highest BCUT2D eigenvalue weighted by molar-refractivity contribution is 14.1. The Morgan fingerprint density at radius 1 is 1.45 bits per heavy atom. The van der Waals surface area contributed by atoms with Crippen LogP contribution in [0.1, 0.15) is 49.4 Å². The molecule has 2 N–H and O–H groups in total. The molecule has 0 heterocycles. The Morgan fingerprint density at radius 2 is 2.25 bits per heavy atom. The van der Waals surface area contributed by atoms with E-state index in [4.69, 9.17) is 0 Å². The lowest BCUT2D eigenvalue weighted by Crippen LogP contribution is -2.27. The minimum absolute atomic E-state index is 0.0502. The van der Waals surface area contributed by atoms with Gasteiger partial charge in [-0.05, 0) is 65.5 Å². The van der Waals surface area contributed by atoms with Crippen molar-refractivity contribution < 1.29 is 9.90 Å². The molecule has 0 aromatic heterocycles. The van der Waals surface area contributed by atoms with E-state index < -0.39 is 0 Å². The summed E-state index contributed by atoms with van der Waals surface area (Å²) in [5, 5.41) is 12.7. The molecule has 20 heavy (non-hydrogen) atoms. The van der Waals surface area contributed by atoms with E-state index in [1.165, 1.54) is 25.7 Å². The number of rotatable bonds is 4. The molecule has 110 valence electrons. The minimum Gasteiger partial charge on any atom is -0.507 e. The van der Waals surface area contributed by atoms with E-state index >= 15 is 0 Å². The molecule has 1 fully saturated rings. The normalized spacial score (nSPS) is 22.5. The number of carbonyl (C=O) groups is 1. The van der Waals surface area contributed by atoms with E-state index in [2.05, 4.69) is 34.8 Å². The summed E-state index contributed by atoms with van der Waals surface area (Å²) < 4.78 is 0.951. The van der Waals surface area contributed by atoms with E-state index in [9.17, 15) is 9.90 Å². The predicted octanol–water partition coefficient (Wildman–Crippen LogP) is 3.94. The third-order valence-corrected chi connectivity index (χ3v) is 4.76. The summed E-state index contributed by atoms with van der Waals surface area (Å²) in [6.45, 7) is 3.01. The first-order valence-electron chi connectivity index (χ1n) is 7.33. The average Bonchev–Trinajstić information content (AvgIpc) is 2.41. The number of hydrogen-bond acceptors (Lipinski definition) is 2. The molecule has 1 aromatic carbocycles. The van der Waals surface area contributed by atoms with Gasteiger partial charge in [-0.15, -0.1) is 0 Å². The fourth-order valence-corrected chi connectivity index (χ4v) is 3.49. The van der Waals surface area contributed by atoms with Crippen molar-refractivity contribution in [3.05, 3.63) is 27.3 Å². The lowest BCUT2D eigenvalue weighted by atomic mass is 9.81. The van der Waals surface area contributed by atoms with Gasteiger partial charge in [0.15, 0.2) is 0 Å². The first-order chi connectivity index (χ1) is 9.56. The molecular weight excluding hydrogens is 365 g/mol. The highest BCUT2D eigenvalue weighted by Crippen LogP contribution is 2.30. The molecule has 0 saturated heterocycles. The Balaban J connectivity index is 1.81. The minimum atomic E-state index is -0.176. The molecule has 0 bridgehead atoms. The van der Waals surface area contributed by atoms with Crippen molar-refractivity contribution in [1.82, 2.24) is 5.32 Å². The van der Waals surface area contributed by atoms with Crippen molar-refractivity contribution in [2.45, 2.75) is 39.0 Å². The first-order valence-corrected chi connectivity index (χ1v) is 8.41. The van der Waals surface area contributed by atoms with Crippen molar-refractivity contribution in [2.75, 3.05) is 6.54 Å². The van der Waals surface area contributed by atoms with E-state index in [0.29, 0.717) is 12.1 Å². The third kappa shape index (κ3) is 4.36. The van der Waals surface area contributed by atoms with Crippen molar-refractivity contribution in [3.8, 4) is 5.75 Å². The number of carbonyl (C=O) groups excluding carboxylic acids is 1. The lowest BCUT2D eigenvalue weighted by molar-refractivity contribution is 0.0947. The van der Waals surface area contributed by atoms with Gasteiger partial charge in [0.1, 0.15) is 5.75 Å². The molecule has 1 aliphatic rings. The highest BCUT2D eigenvalue weighted by atomic mass is 127. The molecular formula is C16H22INO2. The number of hydrogen-bond donors (Lipinski definition) is 2. The monoisotopic (exact) mass is 387 g/mol. The number of aromatic hydroxyl groups is 1. The Morgan fingerprint density at radius 3 is 3.00 bits per heavy atom. The van der Waals surface area contributed by atoms with E-state index in [1.54, 1.807) is 18.2 Å². The van der Waals surface area contributed by atoms with Gasteiger partial charge in [-0.2, -0.15) is 0 Å². The molecule has 1 aliphatic carbocycles. The number of phenolic OH excluding ortho intramolecular Hbond substituents is 1. The fourth-order valence-electron chi connectivity index (χ4n) is 3.00. The number of phenols is 1. The van der Waals surface area contributed by atoms with Crippen molar-refractivity contribution in [2.24, 2.45) is 11.8 Å². The van der Waals surface area contributed by atoms with Crippen LogP contribution in [0.5, 0.6) is 5.75 Å². The van der Waals surface area contributed by atoms with Crippen LogP contribution in [0, 0.1) is 15.4 Å². The van der Waals surface area contributed by atoms with Crippen LogP contribution in [0.15, 0.2) is 18.2 Å². The second kappa shape index (κ2) is 7.29. The topological polar surface area (TPSA) is 49.3 Å². The summed E-state index contributed by atoms with van der Waals surface area (Å²) in [6.07, 6.45) is 6.27. The first kappa shape index (κ1) is 15.6. The number of amides is 1. The van der Waals surface area contributed by atoms with E-state index in [1.807, 2.05) is 0 Å². The SMILES string of the molecule is CC1CCCC(CCNC(=O)c2cc(I)ccc2O)C1. The van der Waals surface area contributed by atoms with Crippen molar-refractivity contribution in [1.29, 1.82) is 0 Å². The largest absolute Gasteiger partial charge is 0.507 e. The molecule has 2 atom stereocenters. The Labute approximate surface area is 134 Å². The third-order valence-electron chi connectivity index (χ3n) is 4.09. The van der Waals surface area contributed by atoms with Gasteiger partial charge in [-0.25, -0.2) is 0 Å². The Kier molecular flexibility index (Phi) is 5.69. The quantitative estimate of drug-likeness (QED) is 0.769. The summed E-state index contributed by atoms with van der Waals surface area (Å²) in [5.74, 6) is 1.44. The summed E-state index contributed by atoms with van der Waals surface area (Å²) in [7, 11) is 0. The van der Waals surface area contributed by atoms with Crippen LogP contribution < -0.4 is 5.32 Å². The zero-order chi connectivity index (χ0) is 14.5. The summed E-state index contributed by atoms with van der Waals surface area (Å²) in [4.78, 5) is 12.0. The molecule has 2 unspecified atom stereocenters. The molecule has 0 aliphatic heterocycles. The van der Waals surface area contributed by atoms with Crippen LogP contribution in [-0.2, 0) is 0 Å². The van der Waals surface area contributed by atoms with Gasteiger partial charge < -0.3 is 10.4 Å². The smallest absolute Gasteiger partial charge is 0.255 e. The Bertz CT molecular complexity index is 476. The maximum absolute atomic E-state index is 12.0. The van der Waals surface area contributed by atoms with Crippen LogP contribution >= 0.6 is 22.6 Å². The number of nitrogens with one attached hydrogen (secondary N) is 1. The maximum Gasteiger partial charge on any atom is 0.255 e. The maximum atomic E-state index is 12.0. The molecule has 1 amide bonds. The average molecular weight is 387 g/mol. The second-order valence-corrected chi connectivity index (χ2v) is 7.09. The molecule has 4 heteroatoms. The zero-order valence-electron chi connectivity index (χ0n) is 11.9.